The van der Waals surface area contributed by atoms with Crippen LogP contribution in [0.2, 0.25) is 0 Å². The van der Waals surface area contributed by atoms with E-state index in [2.05, 4.69) is 28.1 Å². The van der Waals surface area contributed by atoms with Crippen molar-refractivity contribution >= 4 is 21.7 Å². The summed E-state index contributed by atoms with van der Waals surface area (Å²) >= 11 is 3.39. The Morgan fingerprint density at radius 1 is 1.00 bits per heavy atom. The average Bonchev–Trinajstić information content (AvgIpc) is 2.37. The lowest BCUT2D eigenvalue weighted by molar-refractivity contribution is 0.103. The molecule has 0 aromatic heterocycles. The van der Waals surface area contributed by atoms with Crippen LogP contribution in [0.25, 0.3) is 0 Å². The number of carbonyl (C=O) groups is 1. The summed E-state index contributed by atoms with van der Waals surface area (Å²) in [7, 11) is 0. The van der Waals surface area contributed by atoms with E-state index >= 15 is 0 Å². The van der Waals surface area contributed by atoms with Gasteiger partial charge in [0, 0.05) is 15.6 Å². The minimum absolute atomic E-state index is 0.105. The molecule has 1 aliphatic rings. The summed E-state index contributed by atoms with van der Waals surface area (Å²) in [6.07, 6.45) is 3.83. The normalized spacial score (nSPS) is 15.0. The average molecular weight is 315 g/mol. The molecule has 19 heavy (non-hydrogen) atoms. The molecule has 2 aromatic carbocycles. The first kappa shape index (κ1) is 12.6. The van der Waals surface area contributed by atoms with Crippen LogP contribution in [-0.2, 0) is 0 Å². The Kier molecular flexibility index (Phi) is 3.52. The number of carbonyl (C=O) groups excluding carboxylic acids is 1. The number of benzene rings is 2. The maximum absolute atomic E-state index is 12.4. The van der Waals surface area contributed by atoms with Gasteiger partial charge in [-0.2, -0.15) is 0 Å². The Morgan fingerprint density at radius 2 is 1.74 bits per heavy atom. The number of halogens is 1. The van der Waals surface area contributed by atoms with Gasteiger partial charge in [0.15, 0.2) is 5.78 Å². The first-order valence-corrected chi connectivity index (χ1v) is 7.43. The van der Waals surface area contributed by atoms with Gasteiger partial charge in [-0.3, -0.25) is 4.79 Å². The minimum atomic E-state index is 0.105. The van der Waals surface area contributed by atoms with E-state index in [1.54, 1.807) is 0 Å². The molecule has 1 nitrogen and oxygen atoms in total. The molecule has 1 saturated carbocycles. The van der Waals surface area contributed by atoms with Crippen molar-refractivity contribution in [2.45, 2.75) is 25.2 Å². The summed E-state index contributed by atoms with van der Waals surface area (Å²) in [5.41, 5.74) is 2.86. The van der Waals surface area contributed by atoms with Crippen molar-refractivity contribution < 1.29 is 4.79 Å². The second-order valence-corrected chi connectivity index (χ2v) is 6.00. The molecule has 0 bridgehead atoms. The topological polar surface area (TPSA) is 17.1 Å². The maximum Gasteiger partial charge on any atom is 0.193 e. The number of hydrogen-bond donors (Lipinski definition) is 0. The zero-order valence-electron chi connectivity index (χ0n) is 10.6. The second-order valence-electron chi connectivity index (χ2n) is 5.09. The van der Waals surface area contributed by atoms with Gasteiger partial charge in [0.1, 0.15) is 0 Å². The zero-order valence-corrected chi connectivity index (χ0v) is 12.2. The third-order valence-electron chi connectivity index (χ3n) is 3.83. The first-order chi connectivity index (χ1) is 9.24. The van der Waals surface area contributed by atoms with Gasteiger partial charge in [-0.1, -0.05) is 40.5 Å². The minimum Gasteiger partial charge on any atom is -0.289 e. The van der Waals surface area contributed by atoms with Crippen molar-refractivity contribution in [1.29, 1.82) is 0 Å². The van der Waals surface area contributed by atoms with E-state index in [0.29, 0.717) is 5.92 Å². The lowest BCUT2D eigenvalue weighted by atomic mass is 9.79. The second kappa shape index (κ2) is 5.30. The van der Waals surface area contributed by atoms with Gasteiger partial charge in [0.25, 0.3) is 0 Å². The summed E-state index contributed by atoms with van der Waals surface area (Å²) < 4.78 is 0.993. The fraction of sp³-hybridized carbons (Fsp3) is 0.235. The molecule has 2 heteroatoms. The van der Waals surface area contributed by atoms with Crippen LogP contribution in [0.4, 0.5) is 0 Å². The van der Waals surface area contributed by atoms with Crippen molar-refractivity contribution in [3.05, 3.63) is 69.7 Å². The Hall–Kier alpha value is -1.41. The zero-order chi connectivity index (χ0) is 13.2. The molecular weight excluding hydrogens is 300 g/mol. The largest absolute Gasteiger partial charge is 0.289 e. The molecule has 2 aromatic rings. The molecule has 0 aliphatic heterocycles. The monoisotopic (exact) mass is 314 g/mol. The van der Waals surface area contributed by atoms with Gasteiger partial charge in [-0.25, -0.2) is 0 Å². The van der Waals surface area contributed by atoms with Crippen LogP contribution in [0, 0.1) is 0 Å². The van der Waals surface area contributed by atoms with Crippen molar-refractivity contribution in [3.8, 4) is 0 Å². The molecule has 0 N–H and O–H groups in total. The summed E-state index contributed by atoms with van der Waals surface area (Å²) in [5, 5.41) is 0. The van der Waals surface area contributed by atoms with Gasteiger partial charge in [0.05, 0.1) is 0 Å². The van der Waals surface area contributed by atoms with E-state index in [1.165, 1.54) is 24.8 Å². The number of rotatable bonds is 3. The fourth-order valence-electron chi connectivity index (χ4n) is 2.44. The van der Waals surface area contributed by atoms with Crippen molar-refractivity contribution in [2.75, 3.05) is 0 Å². The van der Waals surface area contributed by atoms with Crippen LogP contribution in [0.3, 0.4) is 0 Å². The number of ketones is 1. The molecule has 1 fully saturated rings. The van der Waals surface area contributed by atoms with Crippen LogP contribution in [0.5, 0.6) is 0 Å². The molecule has 3 rings (SSSR count). The standard InChI is InChI=1S/C17H15BrO/c18-16-9-7-13(8-10-16)17(19)15-6-2-5-14(11-15)12-3-1-4-12/h2,5-12H,1,3-4H2. The molecule has 96 valence electrons. The van der Waals surface area contributed by atoms with Crippen molar-refractivity contribution in [3.63, 3.8) is 0 Å². The summed E-state index contributed by atoms with van der Waals surface area (Å²) in [6.45, 7) is 0. The highest BCUT2D eigenvalue weighted by Crippen LogP contribution is 2.36. The molecule has 0 unspecified atom stereocenters. The Balaban J connectivity index is 1.88. The van der Waals surface area contributed by atoms with Crippen LogP contribution in [-0.4, -0.2) is 5.78 Å². The van der Waals surface area contributed by atoms with Gasteiger partial charge in [0.2, 0.25) is 0 Å². The molecule has 1 aliphatic carbocycles. The van der Waals surface area contributed by atoms with Crippen LogP contribution in [0.15, 0.2) is 53.0 Å². The van der Waals surface area contributed by atoms with E-state index in [4.69, 9.17) is 0 Å². The van der Waals surface area contributed by atoms with E-state index in [-0.39, 0.29) is 5.78 Å². The third kappa shape index (κ3) is 2.64. The molecule has 0 spiro atoms. The van der Waals surface area contributed by atoms with E-state index < -0.39 is 0 Å². The summed E-state index contributed by atoms with van der Waals surface area (Å²) in [6, 6.07) is 15.7. The van der Waals surface area contributed by atoms with E-state index in [0.717, 1.165) is 15.6 Å². The first-order valence-electron chi connectivity index (χ1n) is 6.64. The molecule has 0 amide bonds. The maximum atomic E-state index is 12.4. The molecule has 0 radical (unpaired) electrons. The third-order valence-corrected chi connectivity index (χ3v) is 4.36. The smallest absolute Gasteiger partial charge is 0.193 e. The van der Waals surface area contributed by atoms with Crippen LogP contribution < -0.4 is 0 Å². The predicted molar refractivity (Wildman–Crippen MR) is 80.6 cm³/mol. The molecule has 0 saturated heterocycles. The highest BCUT2D eigenvalue weighted by atomic mass is 79.9. The quantitative estimate of drug-likeness (QED) is 0.733. The summed E-state index contributed by atoms with van der Waals surface area (Å²) in [5.74, 6) is 0.770. The van der Waals surface area contributed by atoms with Gasteiger partial charge in [-0.15, -0.1) is 0 Å². The molecular formula is C17H15BrO. The number of hydrogen-bond acceptors (Lipinski definition) is 1. The lowest BCUT2D eigenvalue weighted by Crippen LogP contribution is -2.10. The fourth-order valence-corrected chi connectivity index (χ4v) is 2.71. The van der Waals surface area contributed by atoms with Crippen LogP contribution >= 0.6 is 15.9 Å². The SMILES string of the molecule is O=C(c1ccc(Br)cc1)c1cccc(C2CCC2)c1. The van der Waals surface area contributed by atoms with Gasteiger partial charge < -0.3 is 0 Å². The summed E-state index contributed by atoms with van der Waals surface area (Å²) in [4.78, 5) is 12.4. The van der Waals surface area contributed by atoms with Crippen LogP contribution in [0.1, 0.15) is 46.7 Å². The molecule has 0 atom stereocenters. The predicted octanol–water partition coefficient (Wildman–Crippen LogP) is 4.95. The van der Waals surface area contributed by atoms with Crippen molar-refractivity contribution in [1.82, 2.24) is 0 Å². The van der Waals surface area contributed by atoms with Gasteiger partial charge >= 0.3 is 0 Å². The Labute approximate surface area is 121 Å². The lowest BCUT2D eigenvalue weighted by Gasteiger charge is -2.26. The van der Waals surface area contributed by atoms with Crippen molar-refractivity contribution in [2.24, 2.45) is 0 Å². The highest BCUT2D eigenvalue weighted by Gasteiger charge is 2.20. The van der Waals surface area contributed by atoms with E-state index in [1.807, 2.05) is 36.4 Å². The van der Waals surface area contributed by atoms with E-state index in [9.17, 15) is 4.79 Å². The molecule has 0 heterocycles. The van der Waals surface area contributed by atoms with Gasteiger partial charge in [-0.05, 0) is 54.7 Å². The Morgan fingerprint density at radius 3 is 2.37 bits per heavy atom. The Bertz CT molecular complexity index is 597. The highest BCUT2D eigenvalue weighted by molar-refractivity contribution is 9.10.